The standard InChI is InChI=1S/C19H33N3O5/c1-19(2,3)26-18(25)22-13-11-21(12-14-22)17(24)20-27-16(23)10-9-15-7-5-4-6-8-15/h15H,4-14H2,1-3H3,(H,20,24). The van der Waals surface area contributed by atoms with Crippen LogP contribution in [-0.2, 0) is 14.4 Å². The molecule has 1 saturated heterocycles. The molecule has 8 heteroatoms. The van der Waals surface area contributed by atoms with Gasteiger partial charge in [-0.1, -0.05) is 32.1 Å². The SMILES string of the molecule is CC(C)(C)OC(=O)N1CCN(C(=O)NOC(=O)CCC2CCCCC2)CC1. The monoisotopic (exact) mass is 383 g/mol. The molecule has 2 aliphatic rings. The number of ether oxygens (including phenoxy) is 1. The van der Waals surface area contributed by atoms with Crippen LogP contribution in [0.3, 0.4) is 0 Å². The molecule has 154 valence electrons. The zero-order valence-electron chi connectivity index (χ0n) is 16.8. The van der Waals surface area contributed by atoms with Gasteiger partial charge in [0.2, 0.25) is 0 Å². The van der Waals surface area contributed by atoms with Gasteiger partial charge in [-0.05, 0) is 33.1 Å². The molecule has 0 spiro atoms. The minimum Gasteiger partial charge on any atom is -0.444 e. The van der Waals surface area contributed by atoms with Crippen LogP contribution in [0.2, 0.25) is 0 Å². The Kier molecular flexibility index (Phi) is 7.74. The lowest BCUT2D eigenvalue weighted by molar-refractivity contribution is -0.149. The third kappa shape index (κ3) is 7.64. The average Bonchev–Trinajstić information content (AvgIpc) is 2.64. The van der Waals surface area contributed by atoms with Gasteiger partial charge in [-0.15, -0.1) is 0 Å². The summed E-state index contributed by atoms with van der Waals surface area (Å²) >= 11 is 0. The first-order chi connectivity index (χ1) is 12.7. The van der Waals surface area contributed by atoms with Crippen molar-refractivity contribution in [2.45, 2.75) is 71.3 Å². The summed E-state index contributed by atoms with van der Waals surface area (Å²) in [5.41, 5.74) is 1.68. The molecule has 1 N–H and O–H groups in total. The number of hydrogen-bond acceptors (Lipinski definition) is 5. The van der Waals surface area contributed by atoms with E-state index >= 15 is 0 Å². The van der Waals surface area contributed by atoms with Crippen molar-refractivity contribution >= 4 is 18.1 Å². The minimum absolute atomic E-state index is 0.331. The Morgan fingerprint density at radius 3 is 2.15 bits per heavy atom. The van der Waals surface area contributed by atoms with Crippen LogP contribution in [-0.4, -0.2) is 59.7 Å². The van der Waals surface area contributed by atoms with Gasteiger partial charge in [0.1, 0.15) is 5.60 Å². The van der Waals surface area contributed by atoms with Crippen LogP contribution in [0, 0.1) is 5.92 Å². The quantitative estimate of drug-likeness (QED) is 0.757. The molecule has 1 aliphatic carbocycles. The van der Waals surface area contributed by atoms with Crippen molar-refractivity contribution in [1.82, 2.24) is 15.3 Å². The van der Waals surface area contributed by atoms with Gasteiger partial charge in [0, 0.05) is 32.6 Å². The van der Waals surface area contributed by atoms with Gasteiger partial charge in [0.05, 0.1) is 0 Å². The van der Waals surface area contributed by atoms with Gasteiger partial charge < -0.3 is 19.4 Å². The highest BCUT2D eigenvalue weighted by molar-refractivity contribution is 5.77. The minimum atomic E-state index is -0.544. The average molecular weight is 383 g/mol. The van der Waals surface area contributed by atoms with Crippen LogP contribution in [0.25, 0.3) is 0 Å². The zero-order valence-corrected chi connectivity index (χ0v) is 16.8. The number of hydrogen-bond donors (Lipinski definition) is 1. The third-order valence-electron chi connectivity index (χ3n) is 4.95. The van der Waals surface area contributed by atoms with Gasteiger partial charge in [-0.3, -0.25) is 0 Å². The van der Waals surface area contributed by atoms with Crippen molar-refractivity contribution < 1.29 is 24.0 Å². The maximum Gasteiger partial charge on any atom is 0.410 e. The maximum absolute atomic E-state index is 12.1. The first kappa shape index (κ1) is 21.3. The Balaban J connectivity index is 1.62. The number of amides is 3. The lowest BCUT2D eigenvalue weighted by Crippen LogP contribution is -2.54. The number of carbonyl (C=O) groups is 3. The first-order valence-electron chi connectivity index (χ1n) is 9.97. The Morgan fingerprint density at radius 1 is 0.963 bits per heavy atom. The number of urea groups is 1. The van der Waals surface area contributed by atoms with Gasteiger partial charge in [-0.2, -0.15) is 5.48 Å². The smallest absolute Gasteiger partial charge is 0.410 e. The Morgan fingerprint density at radius 2 is 1.56 bits per heavy atom. The molecule has 0 atom stereocenters. The van der Waals surface area contributed by atoms with Crippen molar-refractivity contribution in [3.05, 3.63) is 0 Å². The van der Waals surface area contributed by atoms with Crippen LogP contribution in [0.1, 0.15) is 65.7 Å². The van der Waals surface area contributed by atoms with E-state index in [2.05, 4.69) is 5.48 Å². The molecule has 0 aromatic heterocycles. The lowest BCUT2D eigenvalue weighted by atomic mass is 9.86. The van der Waals surface area contributed by atoms with E-state index < -0.39 is 17.6 Å². The number of piperazine rings is 1. The molecular formula is C19H33N3O5. The Bertz CT molecular complexity index is 518. The van der Waals surface area contributed by atoms with E-state index in [9.17, 15) is 14.4 Å². The van der Waals surface area contributed by atoms with Gasteiger partial charge in [0.25, 0.3) is 0 Å². The van der Waals surface area contributed by atoms with Crippen LogP contribution < -0.4 is 5.48 Å². The van der Waals surface area contributed by atoms with Crippen LogP contribution in [0.5, 0.6) is 0 Å². The van der Waals surface area contributed by atoms with Crippen LogP contribution >= 0.6 is 0 Å². The Labute approximate surface area is 161 Å². The fraction of sp³-hybridized carbons (Fsp3) is 0.842. The molecule has 1 saturated carbocycles. The summed E-state index contributed by atoms with van der Waals surface area (Å²) in [6.07, 6.45) is 6.91. The number of nitrogens with zero attached hydrogens (tertiary/aromatic N) is 2. The zero-order chi connectivity index (χ0) is 19.9. The molecule has 27 heavy (non-hydrogen) atoms. The number of rotatable bonds is 3. The summed E-state index contributed by atoms with van der Waals surface area (Å²) in [5, 5.41) is 0. The third-order valence-corrected chi connectivity index (χ3v) is 4.95. The summed E-state index contributed by atoms with van der Waals surface area (Å²) in [6.45, 7) is 6.96. The summed E-state index contributed by atoms with van der Waals surface area (Å²) in [5.74, 6) is 0.198. The molecule has 1 aliphatic heterocycles. The predicted octanol–water partition coefficient (Wildman–Crippen LogP) is 3.07. The van der Waals surface area contributed by atoms with E-state index in [0.717, 1.165) is 6.42 Å². The molecule has 1 heterocycles. The molecule has 8 nitrogen and oxygen atoms in total. The van der Waals surface area contributed by atoms with Gasteiger partial charge in [-0.25, -0.2) is 14.4 Å². The molecule has 0 aromatic rings. The number of nitrogens with one attached hydrogen (secondary N) is 1. The van der Waals surface area contributed by atoms with Crippen molar-refractivity contribution in [2.75, 3.05) is 26.2 Å². The highest BCUT2D eigenvalue weighted by atomic mass is 16.7. The predicted molar refractivity (Wildman–Crippen MR) is 99.8 cm³/mol. The summed E-state index contributed by atoms with van der Waals surface area (Å²) < 4.78 is 5.33. The molecule has 2 rings (SSSR count). The first-order valence-corrected chi connectivity index (χ1v) is 9.97. The second-order valence-electron chi connectivity index (χ2n) is 8.38. The second kappa shape index (κ2) is 9.80. The molecule has 0 aromatic carbocycles. The molecule has 0 unspecified atom stereocenters. The van der Waals surface area contributed by atoms with Crippen LogP contribution in [0.15, 0.2) is 0 Å². The van der Waals surface area contributed by atoms with E-state index in [4.69, 9.17) is 9.57 Å². The van der Waals surface area contributed by atoms with E-state index in [0.29, 0.717) is 38.5 Å². The highest BCUT2D eigenvalue weighted by Gasteiger charge is 2.28. The molecule has 3 amide bonds. The fourth-order valence-corrected chi connectivity index (χ4v) is 3.43. The summed E-state index contributed by atoms with van der Waals surface area (Å²) in [4.78, 5) is 44.0. The molecule has 0 bridgehead atoms. The van der Waals surface area contributed by atoms with Gasteiger partial charge in [0.15, 0.2) is 0 Å². The summed E-state index contributed by atoms with van der Waals surface area (Å²) in [7, 11) is 0. The summed E-state index contributed by atoms with van der Waals surface area (Å²) in [6, 6.07) is -0.454. The van der Waals surface area contributed by atoms with E-state index in [-0.39, 0.29) is 6.09 Å². The van der Waals surface area contributed by atoms with E-state index in [1.807, 2.05) is 20.8 Å². The van der Waals surface area contributed by atoms with Crippen molar-refractivity contribution in [2.24, 2.45) is 5.92 Å². The van der Waals surface area contributed by atoms with Crippen molar-refractivity contribution in [3.8, 4) is 0 Å². The number of hydroxylamine groups is 1. The van der Waals surface area contributed by atoms with Gasteiger partial charge >= 0.3 is 18.1 Å². The largest absolute Gasteiger partial charge is 0.444 e. The highest BCUT2D eigenvalue weighted by Crippen LogP contribution is 2.27. The second-order valence-corrected chi connectivity index (χ2v) is 8.38. The van der Waals surface area contributed by atoms with E-state index in [1.54, 1.807) is 4.90 Å². The topological polar surface area (TPSA) is 88.2 Å². The van der Waals surface area contributed by atoms with E-state index in [1.165, 1.54) is 37.0 Å². The Hall–Kier alpha value is -1.99. The molecule has 2 fully saturated rings. The van der Waals surface area contributed by atoms with Crippen molar-refractivity contribution in [1.29, 1.82) is 0 Å². The van der Waals surface area contributed by atoms with Crippen molar-refractivity contribution in [3.63, 3.8) is 0 Å². The molecule has 0 radical (unpaired) electrons. The fourth-order valence-electron chi connectivity index (χ4n) is 3.43. The van der Waals surface area contributed by atoms with Crippen LogP contribution in [0.4, 0.5) is 9.59 Å². The number of carbonyl (C=O) groups excluding carboxylic acids is 3. The normalized spacial score (nSPS) is 18.8. The molecular weight excluding hydrogens is 350 g/mol. The lowest BCUT2D eigenvalue weighted by Gasteiger charge is -2.35. The maximum atomic E-state index is 12.1.